The number of nitrogen functional groups attached to an aromatic ring is 1. The Balaban J connectivity index is 3.26. The third-order valence-corrected chi connectivity index (χ3v) is 4.62. The molecule has 0 spiro atoms. The molecule has 0 fully saturated rings. The first kappa shape index (κ1) is 16.2. The number of nitrogens with two attached hydrogens (primary N) is 1. The number of hydrogen-bond donors (Lipinski definition) is 2. The van der Waals surface area contributed by atoms with Crippen LogP contribution in [0.25, 0.3) is 0 Å². The van der Waals surface area contributed by atoms with E-state index in [9.17, 15) is 13.2 Å². The number of aromatic carboxylic acids is 1. The number of carboxylic acid groups (broad SMARTS) is 1. The summed E-state index contributed by atoms with van der Waals surface area (Å²) >= 11 is 0. The van der Waals surface area contributed by atoms with Gasteiger partial charge in [0, 0.05) is 13.1 Å². The molecular weight excluding hydrogens is 280 g/mol. The molecule has 0 unspecified atom stereocenters. The van der Waals surface area contributed by atoms with E-state index >= 15 is 0 Å². The molecule has 0 amide bonds. The van der Waals surface area contributed by atoms with Crippen LogP contribution in [0.3, 0.4) is 0 Å². The van der Waals surface area contributed by atoms with Gasteiger partial charge >= 0.3 is 5.97 Å². The van der Waals surface area contributed by atoms with Crippen LogP contribution in [0.5, 0.6) is 0 Å². The number of carbonyl (C=O) groups is 1. The summed E-state index contributed by atoms with van der Waals surface area (Å²) in [4.78, 5) is 10.7. The highest BCUT2D eigenvalue weighted by Crippen LogP contribution is 2.23. The summed E-state index contributed by atoms with van der Waals surface area (Å²) in [6.45, 7) is 5.92. The number of hydrogen-bond acceptors (Lipinski definition) is 4. The Labute approximate surface area is 118 Å². The van der Waals surface area contributed by atoms with Crippen LogP contribution in [0.4, 0.5) is 5.69 Å². The Morgan fingerprint density at radius 3 is 2.60 bits per heavy atom. The van der Waals surface area contributed by atoms with Gasteiger partial charge in [-0.1, -0.05) is 13.0 Å². The van der Waals surface area contributed by atoms with Crippen LogP contribution in [0.1, 0.15) is 23.7 Å². The zero-order valence-corrected chi connectivity index (χ0v) is 12.1. The minimum atomic E-state index is -3.75. The molecule has 1 aromatic carbocycles. The van der Waals surface area contributed by atoms with E-state index in [-0.39, 0.29) is 22.7 Å². The van der Waals surface area contributed by atoms with E-state index in [2.05, 4.69) is 6.58 Å². The predicted molar refractivity (Wildman–Crippen MR) is 77.1 cm³/mol. The maximum atomic E-state index is 12.5. The topological polar surface area (TPSA) is 101 Å². The molecule has 0 aliphatic rings. The third kappa shape index (κ3) is 3.37. The van der Waals surface area contributed by atoms with Crippen molar-refractivity contribution in [2.45, 2.75) is 18.2 Å². The summed E-state index contributed by atoms with van der Waals surface area (Å²) in [5.41, 5.74) is 5.56. The minimum absolute atomic E-state index is 0.0489. The van der Waals surface area contributed by atoms with E-state index in [1.807, 2.05) is 6.92 Å². The van der Waals surface area contributed by atoms with Crippen LogP contribution < -0.4 is 5.73 Å². The number of rotatable bonds is 7. The maximum absolute atomic E-state index is 12.5. The highest BCUT2D eigenvalue weighted by atomic mass is 32.2. The lowest BCUT2D eigenvalue weighted by Crippen LogP contribution is -2.32. The fourth-order valence-corrected chi connectivity index (χ4v) is 3.36. The average molecular weight is 298 g/mol. The SMILES string of the molecule is C=CCN(CCC)S(=O)(=O)c1ccc(C(=O)O)cc1N. The average Bonchev–Trinajstić information content (AvgIpc) is 2.37. The first-order chi connectivity index (χ1) is 9.34. The smallest absolute Gasteiger partial charge is 0.335 e. The maximum Gasteiger partial charge on any atom is 0.335 e. The molecule has 3 N–H and O–H groups in total. The Morgan fingerprint density at radius 2 is 2.15 bits per heavy atom. The highest BCUT2D eigenvalue weighted by molar-refractivity contribution is 7.89. The summed E-state index contributed by atoms with van der Waals surface area (Å²) in [6.07, 6.45) is 2.15. The monoisotopic (exact) mass is 298 g/mol. The van der Waals surface area contributed by atoms with Crippen LogP contribution in [-0.4, -0.2) is 36.9 Å². The standard InChI is InChI=1S/C13H18N2O4S/c1-3-7-15(8-4-2)20(18,19)12-6-5-10(13(16)17)9-11(12)14/h3,5-6,9H,1,4,7-8,14H2,2H3,(H,16,17). The first-order valence-electron chi connectivity index (χ1n) is 6.08. The van der Waals surface area contributed by atoms with Crippen molar-refractivity contribution < 1.29 is 18.3 Å². The van der Waals surface area contributed by atoms with Crippen molar-refractivity contribution in [2.75, 3.05) is 18.8 Å². The number of nitrogens with zero attached hydrogens (tertiary/aromatic N) is 1. The lowest BCUT2D eigenvalue weighted by molar-refractivity contribution is 0.0697. The van der Waals surface area contributed by atoms with E-state index in [1.54, 1.807) is 0 Å². The summed E-state index contributed by atoms with van der Waals surface area (Å²) < 4.78 is 26.2. The molecule has 6 nitrogen and oxygen atoms in total. The van der Waals surface area contributed by atoms with E-state index in [0.717, 1.165) is 6.07 Å². The number of carboxylic acids is 1. The van der Waals surface area contributed by atoms with Crippen molar-refractivity contribution in [3.8, 4) is 0 Å². The molecule has 0 aromatic heterocycles. The van der Waals surface area contributed by atoms with E-state index in [4.69, 9.17) is 10.8 Å². The van der Waals surface area contributed by atoms with Gasteiger partial charge in [-0.15, -0.1) is 6.58 Å². The van der Waals surface area contributed by atoms with Crippen LogP contribution in [0, 0.1) is 0 Å². The fraction of sp³-hybridized carbons (Fsp3) is 0.308. The number of benzene rings is 1. The van der Waals surface area contributed by atoms with E-state index in [1.165, 1.54) is 22.5 Å². The number of sulfonamides is 1. The molecule has 0 aliphatic heterocycles. The summed E-state index contributed by atoms with van der Waals surface area (Å²) in [7, 11) is -3.75. The molecule has 0 radical (unpaired) electrons. The van der Waals surface area contributed by atoms with Gasteiger partial charge in [0.15, 0.2) is 0 Å². The minimum Gasteiger partial charge on any atom is -0.478 e. The molecule has 0 saturated heterocycles. The third-order valence-electron chi connectivity index (χ3n) is 2.68. The zero-order chi connectivity index (χ0) is 15.3. The van der Waals surface area contributed by atoms with Gasteiger partial charge < -0.3 is 10.8 Å². The van der Waals surface area contributed by atoms with Gasteiger partial charge in [0.2, 0.25) is 10.0 Å². The van der Waals surface area contributed by atoms with E-state index in [0.29, 0.717) is 13.0 Å². The van der Waals surface area contributed by atoms with Gasteiger partial charge in [-0.3, -0.25) is 0 Å². The van der Waals surface area contributed by atoms with Crippen molar-refractivity contribution in [1.82, 2.24) is 4.31 Å². The molecule has 0 aliphatic carbocycles. The van der Waals surface area contributed by atoms with Gasteiger partial charge in [-0.05, 0) is 24.6 Å². The van der Waals surface area contributed by atoms with Crippen molar-refractivity contribution in [3.63, 3.8) is 0 Å². The Bertz CT molecular complexity index is 611. The van der Waals surface area contributed by atoms with Gasteiger partial charge in [0.25, 0.3) is 0 Å². The second-order valence-electron chi connectivity index (χ2n) is 4.21. The van der Waals surface area contributed by atoms with Crippen molar-refractivity contribution >= 4 is 21.7 Å². The summed E-state index contributed by atoms with van der Waals surface area (Å²) in [5, 5.41) is 8.85. The molecule has 0 saturated carbocycles. The molecule has 1 aromatic rings. The van der Waals surface area contributed by atoms with Gasteiger partial charge in [0.05, 0.1) is 11.3 Å². The van der Waals surface area contributed by atoms with Crippen LogP contribution in [0.2, 0.25) is 0 Å². The lowest BCUT2D eigenvalue weighted by atomic mass is 10.2. The molecule has 110 valence electrons. The second-order valence-corrected chi connectivity index (χ2v) is 6.12. The van der Waals surface area contributed by atoms with Gasteiger partial charge in [-0.25, -0.2) is 13.2 Å². The predicted octanol–water partition coefficient (Wildman–Crippen LogP) is 1.55. The highest BCUT2D eigenvalue weighted by Gasteiger charge is 2.25. The van der Waals surface area contributed by atoms with Crippen molar-refractivity contribution in [3.05, 3.63) is 36.4 Å². The zero-order valence-electron chi connectivity index (χ0n) is 11.2. The molecule has 0 heterocycles. The van der Waals surface area contributed by atoms with Crippen LogP contribution in [-0.2, 0) is 10.0 Å². The normalized spacial score (nSPS) is 11.5. The van der Waals surface area contributed by atoms with Gasteiger partial charge in [-0.2, -0.15) is 4.31 Å². The Morgan fingerprint density at radius 1 is 1.50 bits per heavy atom. The van der Waals surface area contributed by atoms with Gasteiger partial charge in [0.1, 0.15) is 4.90 Å². The number of anilines is 1. The molecule has 0 atom stereocenters. The lowest BCUT2D eigenvalue weighted by Gasteiger charge is -2.21. The second kappa shape index (κ2) is 6.53. The summed E-state index contributed by atoms with van der Waals surface area (Å²) in [6, 6.07) is 3.59. The van der Waals surface area contributed by atoms with Crippen LogP contribution in [0.15, 0.2) is 35.7 Å². The van der Waals surface area contributed by atoms with Crippen molar-refractivity contribution in [1.29, 1.82) is 0 Å². The molecule has 7 heteroatoms. The molecular formula is C13H18N2O4S. The first-order valence-corrected chi connectivity index (χ1v) is 7.52. The fourth-order valence-electron chi connectivity index (χ4n) is 1.76. The van der Waals surface area contributed by atoms with Crippen molar-refractivity contribution in [2.24, 2.45) is 0 Å². The molecule has 1 rings (SSSR count). The van der Waals surface area contributed by atoms with Crippen LogP contribution >= 0.6 is 0 Å². The molecule has 20 heavy (non-hydrogen) atoms. The Kier molecular flexibility index (Phi) is 5.29. The quantitative estimate of drug-likeness (QED) is 0.587. The Hall–Kier alpha value is -1.86. The largest absolute Gasteiger partial charge is 0.478 e. The summed E-state index contributed by atoms with van der Waals surface area (Å²) in [5.74, 6) is -1.16. The molecule has 0 bridgehead atoms. The van der Waals surface area contributed by atoms with E-state index < -0.39 is 16.0 Å².